The third-order valence-electron chi connectivity index (χ3n) is 2.32. The smallest absolute Gasteiger partial charge is 0.232 e. The maximum Gasteiger partial charge on any atom is 0.232 e. The van der Waals surface area contributed by atoms with E-state index in [-0.39, 0.29) is 11.8 Å². The normalized spacial score (nSPS) is 12.5. The Morgan fingerprint density at radius 2 is 1.81 bits per heavy atom. The molecule has 1 unspecified atom stereocenters. The lowest BCUT2D eigenvalue weighted by Crippen LogP contribution is -2.27. The third-order valence-corrected chi connectivity index (χ3v) is 2.32. The van der Waals surface area contributed by atoms with Crippen LogP contribution in [0.4, 0.5) is 5.69 Å². The standard InChI is InChI=1S/C12H18N2O2/c1-9(2)8-10(3)14(16)13-11-4-6-12(15)7-5-11/h4-7,9-10H,8H2,1-3H3,(H-,13,15,16)/p+1. The zero-order chi connectivity index (χ0) is 12.1. The number of hydrogen-bond donors (Lipinski definition) is 2. The molecular formula is C12H19N2O2+. The highest BCUT2D eigenvalue weighted by Crippen LogP contribution is 2.15. The van der Waals surface area contributed by atoms with E-state index in [0.717, 1.165) is 11.3 Å². The fourth-order valence-electron chi connectivity index (χ4n) is 1.55. The first-order valence-electron chi connectivity index (χ1n) is 5.51. The van der Waals surface area contributed by atoms with E-state index in [2.05, 4.69) is 19.3 Å². The van der Waals surface area contributed by atoms with Crippen LogP contribution < -0.4 is 5.43 Å². The largest absolute Gasteiger partial charge is 0.508 e. The van der Waals surface area contributed by atoms with Crippen molar-refractivity contribution in [3.05, 3.63) is 29.2 Å². The van der Waals surface area contributed by atoms with Crippen molar-refractivity contribution in [1.29, 1.82) is 0 Å². The molecule has 0 radical (unpaired) electrons. The second-order valence-electron chi connectivity index (χ2n) is 4.46. The Balaban J connectivity index is 2.54. The van der Waals surface area contributed by atoms with Crippen LogP contribution in [0.2, 0.25) is 0 Å². The Morgan fingerprint density at radius 1 is 1.25 bits per heavy atom. The van der Waals surface area contributed by atoms with Crippen LogP contribution in [0, 0.1) is 10.8 Å². The van der Waals surface area contributed by atoms with Gasteiger partial charge in [-0.3, -0.25) is 0 Å². The molecule has 0 amide bonds. The lowest BCUT2D eigenvalue weighted by atomic mass is 10.1. The van der Waals surface area contributed by atoms with Gasteiger partial charge in [-0.2, -0.15) is 0 Å². The highest BCUT2D eigenvalue weighted by atomic mass is 16.3. The van der Waals surface area contributed by atoms with Crippen molar-refractivity contribution >= 4 is 5.69 Å². The van der Waals surface area contributed by atoms with Gasteiger partial charge in [-0.25, -0.2) is 0 Å². The maximum atomic E-state index is 11.7. The van der Waals surface area contributed by atoms with Crippen molar-refractivity contribution in [2.24, 2.45) is 5.92 Å². The van der Waals surface area contributed by atoms with Crippen LogP contribution in [-0.4, -0.2) is 16.0 Å². The number of nitrogens with zero attached hydrogens (tertiary/aromatic N) is 1. The molecule has 0 spiro atoms. The molecule has 88 valence electrons. The molecule has 4 nitrogen and oxygen atoms in total. The molecule has 0 aliphatic heterocycles. The number of rotatable bonds is 5. The summed E-state index contributed by atoms with van der Waals surface area (Å²) < 4.78 is 0. The first-order chi connectivity index (χ1) is 7.49. The molecule has 2 N–H and O–H groups in total. The number of nitrogens with one attached hydrogen (secondary N) is 1. The van der Waals surface area contributed by atoms with Gasteiger partial charge in [-0.15, -0.1) is 5.43 Å². The Morgan fingerprint density at radius 3 is 2.31 bits per heavy atom. The molecule has 1 atom stereocenters. The van der Waals surface area contributed by atoms with Crippen molar-refractivity contribution in [1.82, 2.24) is 0 Å². The van der Waals surface area contributed by atoms with Crippen molar-refractivity contribution in [2.45, 2.75) is 33.2 Å². The van der Waals surface area contributed by atoms with Crippen LogP contribution in [0.3, 0.4) is 0 Å². The highest BCUT2D eigenvalue weighted by Gasteiger charge is 2.21. The van der Waals surface area contributed by atoms with Gasteiger partial charge in [0.1, 0.15) is 16.3 Å². The number of nitroso groups, excluding NO2 is 1. The molecule has 1 aromatic rings. The van der Waals surface area contributed by atoms with Gasteiger partial charge >= 0.3 is 0 Å². The first kappa shape index (κ1) is 12.5. The summed E-state index contributed by atoms with van der Waals surface area (Å²) in [4.78, 5) is 12.5. The van der Waals surface area contributed by atoms with Crippen molar-refractivity contribution in [3.63, 3.8) is 0 Å². The Kier molecular flexibility index (Phi) is 4.28. The summed E-state index contributed by atoms with van der Waals surface area (Å²) in [7, 11) is 0. The third kappa shape index (κ3) is 3.88. The van der Waals surface area contributed by atoms with E-state index in [1.165, 1.54) is 0 Å². The molecule has 0 aliphatic carbocycles. The van der Waals surface area contributed by atoms with Gasteiger partial charge in [-0.1, -0.05) is 13.8 Å². The molecule has 0 saturated carbocycles. The first-order valence-corrected chi connectivity index (χ1v) is 5.51. The van der Waals surface area contributed by atoms with E-state index in [4.69, 9.17) is 5.11 Å². The van der Waals surface area contributed by atoms with Crippen LogP contribution in [-0.2, 0) is 0 Å². The second kappa shape index (κ2) is 5.49. The quantitative estimate of drug-likeness (QED) is 0.458. The zero-order valence-corrected chi connectivity index (χ0v) is 9.97. The molecule has 0 fully saturated rings. The van der Waals surface area contributed by atoms with Crippen LogP contribution in [0.1, 0.15) is 27.2 Å². The number of hydrazine groups is 1. The van der Waals surface area contributed by atoms with Crippen LogP contribution >= 0.6 is 0 Å². The van der Waals surface area contributed by atoms with E-state index in [0.29, 0.717) is 11.6 Å². The fraction of sp³-hybridized carbons (Fsp3) is 0.500. The zero-order valence-electron chi connectivity index (χ0n) is 9.97. The Hall–Kier alpha value is -1.58. The summed E-state index contributed by atoms with van der Waals surface area (Å²) >= 11 is 0. The molecule has 0 bridgehead atoms. The van der Waals surface area contributed by atoms with Crippen molar-refractivity contribution < 1.29 is 9.98 Å². The molecule has 1 rings (SSSR count). The molecule has 4 heteroatoms. The van der Waals surface area contributed by atoms with E-state index >= 15 is 0 Å². The minimum atomic E-state index is -0.0752. The van der Waals surface area contributed by atoms with Crippen molar-refractivity contribution in [2.75, 3.05) is 5.43 Å². The minimum Gasteiger partial charge on any atom is -0.508 e. The molecule has 0 aliphatic rings. The van der Waals surface area contributed by atoms with Crippen LogP contribution in [0.25, 0.3) is 0 Å². The lowest BCUT2D eigenvalue weighted by molar-refractivity contribution is -0.555. The van der Waals surface area contributed by atoms with Gasteiger partial charge in [0, 0.05) is 13.3 Å². The predicted octanol–water partition coefficient (Wildman–Crippen LogP) is 2.93. The van der Waals surface area contributed by atoms with Crippen LogP contribution in [0.15, 0.2) is 24.3 Å². The predicted molar refractivity (Wildman–Crippen MR) is 64.3 cm³/mol. The van der Waals surface area contributed by atoms with E-state index < -0.39 is 0 Å². The highest BCUT2D eigenvalue weighted by molar-refractivity contribution is 5.43. The molecule has 1 aromatic carbocycles. The van der Waals surface area contributed by atoms with Crippen molar-refractivity contribution in [3.8, 4) is 5.75 Å². The Labute approximate surface area is 95.8 Å². The van der Waals surface area contributed by atoms with Gasteiger partial charge in [0.05, 0.1) is 4.91 Å². The summed E-state index contributed by atoms with van der Waals surface area (Å²) in [6, 6.07) is 6.35. The number of hydrogen-bond acceptors (Lipinski definition) is 2. The van der Waals surface area contributed by atoms with E-state index in [1.807, 2.05) is 6.92 Å². The SMILES string of the molecule is CC(C)CC(C)[N+](=O)Nc1ccc(O)cc1. The molecule has 16 heavy (non-hydrogen) atoms. The summed E-state index contributed by atoms with van der Waals surface area (Å²) in [6.07, 6.45) is 0.842. The fourth-order valence-corrected chi connectivity index (χ4v) is 1.55. The second-order valence-corrected chi connectivity index (χ2v) is 4.46. The van der Waals surface area contributed by atoms with Crippen LogP contribution in [0.5, 0.6) is 5.75 Å². The number of anilines is 1. The number of benzene rings is 1. The van der Waals surface area contributed by atoms with Gasteiger partial charge in [0.25, 0.3) is 0 Å². The molecule has 0 saturated heterocycles. The maximum absolute atomic E-state index is 11.7. The average Bonchev–Trinajstić information content (AvgIpc) is 2.20. The molecule has 0 aromatic heterocycles. The monoisotopic (exact) mass is 223 g/mol. The summed E-state index contributed by atoms with van der Waals surface area (Å²) in [6.45, 7) is 6.07. The summed E-state index contributed by atoms with van der Waals surface area (Å²) in [5.74, 6) is 0.686. The van der Waals surface area contributed by atoms with Gasteiger partial charge in [-0.05, 0) is 30.2 Å². The molecule has 0 heterocycles. The summed E-state index contributed by atoms with van der Waals surface area (Å²) in [5.41, 5.74) is 3.42. The van der Waals surface area contributed by atoms with E-state index in [1.54, 1.807) is 24.3 Å². The lowest BCUT2D eigenvalue weighted by Gasteiger charge is -2.07. The van der Waals surface area contributed by atoms with Gasteiger partial charge in [0.15, 0.2) is 0 Å². The topological polar surface area (TPSA) is 52.3 Å². The summed E-state index contributed by atoms with van der Waals surface area (Å²) in [5, 5.41) is 9.10. The number of phenolic OH excluding ortho intramolecular Hbond substituents is 1. The molecular weight excluding hydrogens is 204 g/mol. The van der Waals surface area contributed by atoms with Gasteiger partial charge in [0.2, 0.25) is 6.04 Å². The minimum absolute atomic E-state index is 0.0752. The number of phenols is 1. The number of aromatic hydroxyl groups is 1. The van der Waals surface area contributed by atoms with Gasteiger partial charge < -0.3 is 5.11 Å². The Bertz CT molecular complexity index is 347. The average molecular weight is 223 g/mol. The van der Waals surface area contributed by atoms with E-state index in [9.17, 15) is 4.91 Å².